The predicted molar refractivity (Wildman–Crippen MR) is 69.7 cm³/mol. The van der Waals surface area contributed by atoms with Gasteiger partial charge in [-0.3, -0.25) is 0 Å². The van der Waals surface area contributed by atoms with Gasteiger partial charge in [-0.25, -0.2) is 15.0 Å². The van der Waals surface area contributed by atoms with Gasteiger partial charge in [0.15, 0.2) is 5.82 Å². The van der Waals surface area contributed by atoms with Gasteiger partial charge in [-0.2, -0.15) is 0 Å². The third-order valence-electron chi connectivity index (χ3n) is 2.02. The highest BCUT2D eigenvalue weighted by Crippen LogP contribution is 2.26. The van der Waals surface area contributed by atoms with Gasteiger partial charge in [0, 0.05) is 11.9 Å². The summed E-state index contributed by atoms with van der Waals surface area (Å²) in [5.41, 5.74) is 3.51. The Bertz CT molecular complexity index is 484. The molecule has 1 N–H and O–H groups in total. The minimum absolute atomic E-state index is 0.665. The average Bonchev–Trinajstić information content (AvgIpc) is 2.78. The van der Waals surface area contributed by atoms with Gasteiger partial charge < -0.3 is 5.32 Å². The molecule has 0 atom stereocenters. The minimum Gasteiger partial charge on any atom is -0.369 e. The molecule has 2 heterocycles. The van der Waals surface area contributed by atoms with Crippen molar-refractivity contribution in [3.05, 3.63) is 21.1 Å². The molecule has 0 saturated heterocycles. The maximum absolute atomic E-state index is 4.44. The van der Waals surface area contributed by atoms with Crippen LogP contribution in [0, 0.1) is 6.92 Å². The molecule has 2 rings (SSSR count). The van der Waals surface area contributed by atoms with Gasteiger partial charge in [-0.15, -0.1) is 11.3 Å². The molecule has 0 aromatic carbocycles. The number of hydrogen-bond acceptors (Lipinski definition) is 5. The van der Waals surface area contributed by atoms with Gasteiger partial charge in [0.2, 0.25) is 0 Å². The van der Waals surface area contributed by atoms with Gasteiger partial charge in [0.05, 0.1) is 15.7 Å². The Morgan fingerprint density at radius 1 is 1.44 bits per heavy atom. The van der Waals surface area contributed by atoms with Gasteiger partial charge >= 0.3 is 0 Å². The highest BCUT2D eigenvalue weighted by Gasteiger charge is 2.11. The molecular formula is C10H11BrN4S. The van der Waals surface area contributed by atoms with Crippen LogP contribution in [-0.4, -0.2) is 21.5 Å². The van der Waals surface area contributed by atoms with Crippen LogP contribution in [0.15, 0.2) is 15.4 Å². The Labute approximate surface area is 106 Å². The molecule has 0 amide bonds. The lowest BCUT2D eigenvalue weighted by Crippen LogP contribution is -2.04. The van der Waals surface area contributed by atoms with E-state index in [1.165, 1.54) is 0 Å². The van der Waals surface area contributed by atoms with E-state index in [1.807, 2.05) is 19.2 Å². The number of nitrogens with zero attached hydrogens (tertiary/aromatic N) is 3. The van der Waals surface area contributed by atoms with Gasteiger partial charge in [0.25, 0.3) is 0 Å². The van der Waals surface area contributed by atoms with Crippen LogP contribution in [0.1, 0.15) is 12.6 Å². The summed E-state index contributed by atoms with van der Waals surface area (Å²) < 4.78 is 0.910. The number of halogens is 1. The second-order valence-corrected chi connectivity index (χ2v) is 4.71. The fourth-order valence-corrected chi connectivity index (χ4v) is 2.13. The van der Waals surface area contributed by atoms with E-state index in [9.17, 15) is 0 Å². The summed E-state index contributed by atoms with van der Waals surface area (Å²) in [5.74, 6) is 1.48. The summed E-state index contributed by atoms with van der Waals surface area (Å²) >= 11 is 5.01. The zero-order valence-electron chi connectivity index (χ0n) is 8.99. The van der Waals surface area contributed by atoms with E-state index in [4.69, 9.17) is 0 Å². The van der Waals surface area contributed by atoms with E-state index < -0.39 is 0 Å². The standard InChI is InChI=1S/C10H11BrN4S/c1-3-12-10-8(11)6(2)14-9(15-10)7-4-16-5-13-7/h4-5H,3H2,1-2H3,(H,12,14,15). The molecule has 0 aliphatic rings. The van der Waals surface area contributed by atoms with Crippen LogP contribution in [0.25, 0.3) is 11.5 Å². The van der Waals surface area contributed by atoms with E-state index in [2.05, 4.69) is 36.2 Å². The topological polar surface area (TPSA) is 50.7 Å². The maximum Gasteiger partial charge on any atom is 0.181 e. The van der Waals surface area contributed by atoms with Gasteiger partial charge in [0.1, 0.15) is 11.5 Å². The summed E-state index contributed by atoms with van der Waals surface area (Å²) in [7, 11) is 0. The fraction of sp³-hybridized carbons (Fsp3) is 0.300. The summed E-state index contributed by atoms with van der Waals surface area (Å²) in [6.07, 6.45) is 0. The number of anilines is 1. The van der Waals surface area contributed by atoms with Gasteiger partial charge in [-0.1, -0.05) is 0 Å². The summed E-state index contributed by atoms with van der Waals surface area (Å²) in [6, 6.07) is 0. The maximum atomic E-state index is 4.44. The number of hydrogen-bond donors (Lipinski definition) is 1. The van der Waals surface area contributed by atoms with Crippen LogP contribution in [-0.2, 0) is 0 Å². The molecule has 0 unspecified atom stereocenters. The van der Waals surface area contributed by atoms with E-state index >= 15 is 0 Å². The van der Waals surface area contributed by atoms with Crippen LogP contribution >= 0.6 is 27.3 Å². The molecule has 0 spiro atoms. The Hall–Kier alpha value is -1.01. The second kappa shape index (κ2) is 4.88. The van der Waals surface area contributed by atoms with Crippen molar-refractivity contribution in [2.75, 3.05) is 11.9 Å². The second-order valence-electron chi connectivity index (χ2n) is 3.20. The molecular weight excluding hydrogens is 288 g/mol. The van der Waals surface area contributed by atoms with Crippen molar-refractivity contribution in [3.8, 4) is 11.5 Å². The van der Waals surface area contributed by atoms with Crippen molar-refractivity contribution >= 4 is 33.1 Å². The number of thiazole rings is 1. The lowest BCUT2D eigenvalue weighted by molar-refractivity contribution is 1.06. The van der Waals surface area contributed by atoms with E-state index in [0.29, 0.717) is 5.82 Å². The lowest BCUT2D eigenvalue weighted by Gasteiger charge is -2.08. The zero-order valence-corrected chi connectivity index (χ0v) is 11.4. The van der Waals surface area contributed by atoms with Crippen LogP contribution < -0.4 is 5.32 Å². The Morgan fingerprint density at radius 2 is 2.25 bits per heavy atom. The Morgan fingerprint density at radius 3 is 2.88 bits per heavy atom. The summed E-state index contributed by atoms with van der Waals surface area (Å²) in [6.45, 7) is 4.81. The third-order valence-corrected chi connectivity index (χ3v) is 3.56. The molecule has 6 heteroatoms. The quantitative estimate of drug-likeness (QED) is 0.946. The highest BCUT2D eigenvalue weighted by molar-refractivity contribution is 9.10. The van der Waals surface area contributed by atoms with Crippen LogP contribution in [0.3, 0.4) is 0 Å². The fourth-order valence-electron chi connectivity index (χ4n) is 1.28. The first-order valence-corrected chi connectivity index (χ1v) is 6.62. The normalized spacial score (nSPS) is 10.4. The number of rotatable bonds is 3. The van der Waals surface area contributed by atoms with Crippen LogP contribution in [0.2, 0.25) is 0 Å². The van der Waals surface area contributed by atoms with Gasteiger partial charge in [-0.05, 0) is 29.8 Å². The smallest absolute Gasteiger partial charge is 0.181 e. The van der Waals surface area contributed by atoms with E-state index in [-0.39, 0.29) is 0 Å². The van der Waals surface area contributed by atoms with Crippen molar-refractivity contribution in [2.24, 2.45) is 0 Å². The molecule has 0 aliphatic carbocycles. The van der Waals surface area contributed by atoms with Crippen molar-refractivity contribution in [2.45, 2.75) is 13.8 Å². The Kier molecular flexibility index (Phi) is 3.50. The first-order chi connectivity index (χ1) is 7.72. The van der Waals surface area contributed by atoms with Crippen molar-refractivity contribution in [1.29, 1.82) is 0 Å². The monoisotopic (exact) mass is 298 g/mol. The predicted octanol–water partition coefficient (Wildman–Crippen LogP) is 3.10. The van der Waals surface area contributed by atoms with Crippen molar-refractivity contribution < 1.29 is 0 Å². The molecule has 2 aromatic rings. The molecule has 16 heavy (non-hydrogen) atoms. The molecule has 0 radical (unpaired) electrons. The summed E-state index contributed by atoms with van der Waals surface area (Å²) in [4.78, 5) is 13.1. The first kappa shape index (κ1) is 11.5. The van der Waals surface area contributed by atoms with Crippen molar-refractivity contribution in [1.82, 2.24) is 15.0 Å². The van der Waals surface area contributed by atoms with Crippen molar-refractivity contribution in [3.63, 3.8) is 0 Å². The molecule has 0 aliphatic heterocycles. The lowest BCUT2D eigenvalue weighted by atomic mass is 10.3. The molecule has 0 fully saturated rings. The molecule has 0 bridgehead atoms. The molecule has 84 valence electrons. The molecule has 4 nitrogen and oxygen atoms in total. The molecule has 2 aromatic heterocycles. The molecule has 0 saturated carbocycles. The van der Waals surface area contributed by atoms with Crippen LogP contribution in [0.5, 0.6) is 0 Å². The van der Waals surface area contributed by atoms with E-state index in [1.54, 1.807) is 16.8 Å². The highest BCUT2D eigenvalue weighted by atomic mass is 79.9. The first-order valence-electron chi connectivity index (χ1n) is 4.89. The van der Waals surface area contributed by atoms with E-state index in [0.717, 1.165) is 28.2 Å². The largest absolute Gasteiger partial charge is 0.369 e. The number of nitrogens with one attached hydrogen (secondary N) is 1. The average molecular weight is 299 g/mol. The minimum atomic E-state index is 0.665. The Balaban J connectivity index is 2.48. The number of aromatic nitrogens is 3. The number of aryl methyl sites for hydroxylation is 1. The third kappa shape index (κ3) is 2.22. The SMILES string of the molecule is CCNc1nc(-c2cscn2)nc(C)c1Br. The summed E-state index contributed by atoms with van der Waals surface area (Å²) in [5, 5.41) is 5.14. The zero-order chi connectivity index (χ0) is 11.5. The van der Waals surface area contributed by atoms with Crippen LogP contribution in [0.4, 0.5) is 5.82 Å².